The van der Waals surface area contributed by atoms with Gasteiger partial charge in [0.05, 0.1) is 6.54 Å². The minimum absolute atomic E-state index is 0.0887. The molecule has 0 unspecified atom stereocenters. The Bertz CT molecular complexity index is 351. The molecule has 0 fully saturated rings. The Morgan fingerprint density at radius 1 is 1.27 bits per heavy atom. The molecule has 15 heavy (non-hydrogen) atoms. The van der Waals surface area contributed by atoms with Gasteiger partial charge in [-0.2, -0.15) is 0 Å². The van der Waals surface area contributed by atoms with E-state index < -0.39 is 0 Å². The van der Waals surface area contributed by atoms with E-state index in [9.17, 15) is 0 Å². The zero-order chi connectivity index (χ0) is 11.5. The number of aliphatic imine (C=N–C) groups is 1. The van der Waals surface area contributed by atoms with E-state index in [-0.39, 0.29) is 11.4 Å². The van der Waals surface area contributed by atoms with E-state index in [2.05, 4.69) is 18.8 Å². The van der Waals surface area contributed by atoms with Crippen molar-refractivity contribution in [3.05, 3.63) is 34.9 Å². The highest BCUT2D eigenvalue weighted by Crippen LogP contribution is 2.24. The standard InChI is InChI=1S/C11H16ClN3/c1-11(2,7-15-10(13)14)8-3-5-9(12)6-4-8/h3-6H,7H2,1-2H3,(H4,13,14,15). The molecular formula is C11H16ClN3. The van der Waals surface area contributed by atoms with Gasteiger partial charge in [-0.05, 0) is 17.7 Å². The summed E-state index contributed by atoms with van der Waals surface area (Å²) in [7, 11) is 0. The molecule has 0 atom stereocenters. The highest BCUT2D eigenvalue weighted by Gasteiger charge is 2.19. The van der Waals surface area contributed by atoms with E-state index in [4.69, 9.17) is 23.1 Å². The van der Waals surface area contributed by atoms with Crippen molar-refractivity contribution in [3.8, 4) is 0 Å². The van der Waals surface area contributed by atoms with Crippen molar-refractivity contribution in [2.24, 2.45) is 16.5 Å². The minimum atomic E-state index is -0.0887. The monoisotopic (exact) mass is 225 g/mol. The lowest BCUT2D eigenvalue weighted by molar-refractivity contribution is 0.540. The summed E-state index contributed by atoms with van der Waals surface area (Å²) in [5.41, 5.74) is 11.7. The predicted molar refractivity (Wildman–Crippen MR) is 65.2 cm³/mol. The van der Waals surface area contributed by atoms with Crippen LogP contribution in [0.15, 0.2) is 29.3 Å². The van der Waals surface area contributed by atoms with Crippen LogP contribution in [0.25, 0.3) is 0 Å². The lowest BCUT2D eigenvalue weighted by Gasteiger charge is -2.23. The summed E-state index contributed by atoms with van der Waals surface area (Å²) >= 11 is 5.82. The first-order valence-corrected chi connectivity index (χ1v) is 5.11. The van der Waals surface area contributed by atoms with E-state index in [1.54, 1.807) is 0 Å². The summed E-state index contributed by atoms with van der Waals surface area (Å²) in [5.74, 6) is 0.122. The fourth-order valence-corrected chi connectivity index (χ4v) is 1.41. The highest BCUT2D eigenvalue weighted by molar-refractivity contribution is 6.30. The van der Waals surface area contributed by atoms with Gasteiger partial charge in [-0.15, -0.1) is 0 Å². The molecule has 4 N–H and O–H groups in total. The number of hydrogen-bond acceptors (Lipinski definition) is 1. The number of halogens is 1. The third-order valence-electron chi connectivity index (χ3n) is 2.28. The summed E-state index contributed by atoms with van der Waals surface area (Å²) < 4.78 is 0. The average Bonchev–Trinajstić information content (AvgIpc) is 2.16. The first-order valence-electron chi connectivity index (χ1n) is 4.73. The van der Waals surface area contributed by atoms with Gasteiger partial charge in [0.2, 0.25) is 0 Å². The number of hydrogen-bond donors (Lipinski definition) is 2. The molecule has 0 aromatic heterocycles. The molecule has 0 spiro atoms. The second-order valence-corrected chi connectivity index (χ2v) is 4.57. The Balaban J connectivity index is 2.85. The van der Waals surface area contributed by atoms with Crippen LogP contribution in [0.3, 0.4) is 0 Å². The van der Waals surface area contributed by atoms with Gasteiger partial charge in [-0.25, -0.2) is 0 Å². The third-order valence-corrected chi connectivity index (χ3v) is 2.53. The van der Waals surface area contributed by atoms with E-state index in [0.29, 0.717) is 6.54 Å². The number of rotatable bonds is 3. The molecule has 3 nitrogen and oxygen atoms in total. The van der Waals surface area contributed by atoms with Gasteiger partial charge in [-0.3, -0.25) is 4.99 Å². The van der Waals surface area contributed by atoms with E-state index in [1.165, 1.54) is 0 Å². The molecule has 0 aliphatic rings. The Labute approximate surface area is 95.1 Å². The van der Waals surface area contributed by atoms with Crippen molar-refractivity contribution in [2.45, 2.75) is 19.3 Å². The minimum Gasteiger partial charge on any atom is -0.370 e. The van der Waals surface area contributed by atoms with Gasteiger partial charge in [0.15, 0.2) is 5.96 Å². The summed E-state index contributed by atoms with van der Waals surface area (Å²) in [6.07, 6.45) is 0. The van der Waals surface area contributed by atoms with Crippen LogP contribution >= 0.6 is 11.6 Å². The van der Waals surface area contributed by atoms with Gasteiger partial charge in [0.1, 0.15) is 0 Å². The van der Waals surface area contributed by atoms with Crippen LogP contribution in [0.1, 0.15) is 19.4 Å². The maximum atomic E-state index is 5.82. The Morgan fingerprint density at radius 3 is 2.27 bits per heavy atom. The van der Waals surface area contributed by atoms with Crippen molar-refractivity contribution in [1.29, 1.82) is 0 Å². The van der Waals surface area contributed by atoms with Crippen LogP contribution in [0.4, 0.5) is 0 Å². The zero-order valence-corrected chi connectivity index (χ0v) is 9.75. The third kappa shape index (κ3) is 3.44. The molecule has 1 aromatic carbocycles. The van der Waals surface area contributed by atoms with E-state index >= 15 is 0 Å². The van der Waals surface area contributed by atoms with Crippen molar-refractivity contribution in [3.63, 3.8) is 0 Å². The predicted octanol–water partition coefficient (Wildman–Crippen LogP) is 1.89. The van der Waals surface area contributed by atoms with Crippen molar-refractivity contribution >= 4 is 17.6 Å². The normalized spacial score (nSPS) is 11.1. The van der Waals surface area contributed by atoms with Crippen LogP contribution in [0, 0.1) is 0 Å². The van der Waals surface area contributed by atoms with Crippen LogP contribution in [-0.2, 0) is 5.41 Å². The van der Waals surface area contributed by atoms with Crippen molar-refractivity contribution in [1.82, 2.24) is 0 Å². The van der Waals surface area contributed by atoms with Gasteiger partial charge in [0, 0.05) is 10.4 Å². The number of guanidine groups is 1. The molecule has 0 saturated carbocycles. The molecule has 0 aliphatic heterocycles. The molecule has 82 valence electrons. The van der Waals surface area contributed by atoms with Crippen molar-refractivity contribution < 1.29 is 0 Å². The first-order chi connectivity index (χ1) is 6.92. The number of benzene rings is 1. The van der Waals surface area contributed by atoms with Crippen molar-refractivity contribution in [2.75, 3.05) is 6.54 Å². The van der Waals surface area contributed by atoms with E-state index in [1.807, 2.05) is 24.3 Å². The van der Waals surface area contributed by atoms with Crippen LogP contribution in [0.5, 0.6) is 0 Å². The van der Waals surface area contributed by atoms with E-state index in [0.717, 1.165) is 10.6 Å². The molecule has 0 aliphatic carbocycles. The maximum absolute atomic E-state index is 5.82. The maximum Gasteiger partial charge on any atom is 0.185 e. The Hall–Kier alpha value is -1.22. The second-order valence-electron chi connectivity index (χ2n) is 4.13. The van der Waals surface area contributed by atoms with Crippen LogP contribution in [-0.4, -0.2) is 12.5 Å². The molecule has 0 radical (unpaired) electrons. The summed E-state index contributed by atoms with van der Waals surface area (Å²) in [4.78, 5) is 4.03. The molecule has 0 amide bonds. The smallest absolute Gasteiger partial charge is 0.185 e. The molecule has 0 heterocycles. The Kier molecular flexibility index (Phi) is 3.58. The SMILES string of the molecule is CC(C)(CN=C(N)N)c1ccc(Cl)cc1. The molecule has 1 aromatic rings. The first kappa shape index (κ1) is 11.9. The number of nitrogens with zero attached hydrogens (tertiary/aromatic N) is 1. The summed E-state index contributed by atoms with van der Waals surface area (Å²) in [6, 6.07) is 7.72. The van der Waals surface area contributed by atoms with Gasteiger partial charge >= 0.3 is 0 Å². The second kappa shape index (κ2) is 4.53. The zero-order valence-electron chi connectivity index (χ0n) is 9.00. The quantitative estimate of drug-likeness (QED) is 0.610. The van der Waals surface area contributed by atoms with Gasteiger partial charge in [0.25, 0.3) is 0 Å². The van der Waals surface area contributed by atoms with Gasteiger partial charge in [-0.1, -0.05) is 37.6 Å². The molecule has 0 saturated heterocycles. The summed E-state index contributed by atoms with van der Waals surface area (Å²) in [5, 5.41) is 0.733. The highest BCUT2D eigenvalue weighted by atomic mass is 35.5. The fourth-order valence-electron chi connectivity index (χ4n) is 1.28. The van der Waals surface area contributed by atoms with Gasteiger partial charge < -0.3 is 11.5 Å². The molecule has 1 rings (SSSR count). The summed E-state index contributed by atoms with van der Waals surface area (Å²) in [6.45, 7) is 4.74. The largest absolute Gasteiger partial charge is 0.370 e. The fraction of sp³-hybridized carbons (Fsp3) is 0.364. The number of nitrogens with two attached hydrogens (primary N) is 2. The molecule has 0 bridgehead atoms. The topological polar surface area (TPSA) is 64.4 Å². The Morgan fingerprint density at radius 2 is 1.80 bits per heavy atom. The molecular weight excluding hydrogens is 210 g/mol. The lowest BCUT2D eigenvalue weighted by Crippen LogP contribution is -2.28. The van der Waals surface area contributed by atoms with Crippen LogP contribution < -0.4 is 11.5 Å². The van der Waals surface area contributed by atoms with Crippen LogP contribution in [0.2, 0.25) is 5.02 Å². The average molecular weight is 226 g/mol. The lowest BCUT2D eigenvalue weighted by atomic mass is 9.85. The molecule has 4 heteroatoms.